The molecule has 4 heteroatoms. The molecule has 0 aliphatic carbocycles. The van der Waals surface area contributed by atoms with Crippen LogP contribution in [0, 0.1) is 41.5 Å². The van der Waals surface area contributed by atoms with Crippen LogP contribution >= 0.6 is 0 Å². The lowest BCUT2D eigenvalue weighted by atomic mass is 9.84. The zero-order valence-electron chi connectivity index (χ0n) is 36.5. The molecule has 6 aromatic rings. The first kappa shape index (κ1) is 50.0. The number of benzene rings is 6. The summed E-state index contributed by atoms with van der Waals surface area (Å²) in [6, 6.07) is 53.2. The smallest absolute Gasteiger partial charge is 0.134 e. The van der Waals surface area contributed by atoms with Gasteiger partial charge in [-0.1, -0.05) is 186 Å². The molecule has 0 bridgehead atoms. The Morgan fingerprint density at radius 3 is 0.741 bits per heavy atom. The Kier molecular flexibility index (Phi) is 25.2. The van der Waals surface area contributed by atoms with Crippen molar-refractivity contribution >= 4 is 23.1 Å². The summed E-state index contributed by atoms with van der Waals surface area (Å²) in [5.41, 5.74) is 10.6. The molecular formula is C54H64O4. The summed E-state index contributed by atoms with van der Waals surface area (Å²) in [7, 11) is 0. The van der Waals surface area contributed by atoms with E-state index in [1.165, 1.54) is 55.5 Å². The van der Waals surface area contributed by atoms with Crippen LogP contribution in [0.25, 0.3) is 0 Å². The van der Waals surface area contributed by atoms with Crippen molar-refractivity contribution in [2.45, 2.75) is 94.9 Å². The zero-order chi connectivity index (χ0) is 43.3. The summed E-state index contributed by atoms with van der Waals surface area (Å²) < 4.78 is 0. The third-order valence-electron chi connectivity index (χ3n) is 8.47. The molecule has 0 unspecified atom stereocenters. The Bertz CT molecular complexity index is 1830. The van der Waals surface area contributed by atoms with E-state index in [0.29, 0.717) is 0 Å². The maximum atomic E-state index is 11.7. The van der Waals surface area contributed by atoms with E-state index in [1.54, 1.807) is 0 Å². The monoisotopic (exact) mass is 776 g/mol. The predicted molar refractivity (Wildman–Crippen MR) is 245 cm³/mol. The number of ketones is 4. The quantitative estimate of drug-likeness (QED) is 0.154. The molecule has 0 spiro atoms. The number of carbonyl (C=O) groups is 4. The summed E-state index contributed by atoms with van der Waals surface area (Å²) in [4.78, 5) is 46.4. The number of carbonyl (C=O) groups excluding carboxylic acids is 4. The molecular weight excluding hydrogens is 713 g/mol. The number of hydrogen-bond donors (Lipinski definition) is 0. The Morgan fingerprint density at radius 2 is 0.534 bits per heavy atom. The van der Waals surface area contributed by atoms with Crippen molar-refractivity contribution in [2.75, 3.05) is 0 Å². The van der Waals surface area contributed by atoms with Crippen LogP contribution in [-0.4, -0.2) is 23.1 Å². The summed E-state index contributed by atoms with van der Waals surface area (Å²) in [5, 5.41) is 0. The predicted octanol–water partition coefficient (Wildman–Crippen LogP) is 12.5. The highest BCUT2D eigenvalue weighted by molar-refractivity contribution is 5.85. The van der Waals surface area contributed by atoms with Gasteiger partial charge in [0.1, 0.15) is 23.1 Å². The fourth-order valence-corrected chi connectivity index (χ4v) is 5.53. The largest absolute Gasteiger partial charge is 0.300 e. The van der Waals surface area contributed by atoms with E-state index >= 15 is 0 Å². The van der Waals surface area contributed by atoms with Crippen LogP contribution in [0.2, 0.25) is 0 Å². The Labute approximate surface area is 349 Å². The second-order valence-electron chi connectivity index (χ2n) is 14.6. The van der Waals surface area contributed by atoms with Crippen molar-refractivity contribution in [2.24, 2.45) is 0 Å². The molecule has 6 aromatic carbocycles. The van der Waals surface area contributed by atoms with Crippen molar-refractivity contribution in [3.63, 3.8) is 0 Å². The van der Waals surface area contributed by atoms with Gasteiger partial charge in [-0.2, -0.15) is 0 Å². The van der Waals surface area contributed by atoms with Crippen molar-refractivity contribution in [1.82, 2.24) is 0 Å². The molecule has 6 rings (SSSR count). The standard InChI is InChI=1S/C19H24O4.5C7H8/c1-11(20)6-16-10-17(7-12(2)21)19(9-14(4)23)18(15(16)5)8-13(3)22;5*1-7-5-3-2-4-6-7/h10H,6-9H2,1-5H3;5*2-6H,1H3. The average Bonchev–Trinajstić information content (AvgIpc) is 3.17. The fourth-order valence-electron chi connectivity index (χ4n) is 5.53. The summed E-state index contributed by atoms with van der Waals surface area (Å²) >= 11 is 0. The zero-order valence-corrected chi connectivity index (χ0v) is 36.5. The van der Waals surface area contributed by atoms with Gasteiger partial charge in [-0.05, 0) is 97.1 Å². The van der Waals surface area contributed by atoms with Gasteiger partial charge < -0.3 is 0 Å². The lowest BCUT2D eigenvalue weighted by molar-refractivity contribution is -0.117. The number of Topliss-reactive ketones (excluding diaryl/α,β-unsaturated/α-hetero) is 4. The first-order valence-corrected chi connectivity index (χ1v) is 19.8. The lowest BCUT2D eigenvalue weighted by Gasteiger charge is -2.19. The van der Waals surface area contributed by atoms with Gasteiger partial charge in [0, 0.05) is 25.7 Å². The summed E-state index contributed by atoms with van der Waals surface area (Å²) in [6.07, 6.45) is 0.887. The highest BCUT2D eigenvalue weighted by atomic mass is 16.1. The van der Waals surface area contributed by atoms with Crippen molar-refractivity contribution in [1.29, 1.82) is 0 Å². The molecule has 0 fully saturated rings. The third kappa shape index (κ3) is 24.5. The Balaban J connectivity index is 0.000000390. The van der Waals surface area contributed by atoms with Crippen LogP contribution in [0.4, 0.5) is 0 Å². The van der Waals surface area contributed by atoms with Crippen molar-refractivity contribution in [3.05, 3.63) is 213 Å². The van der Waals surface area contributed by atoms with Crippen molar-refractivity contribution in [3.8, 4) is 0 Å². The van der Waals surface area contributed by atoms with Gasteiger partial charge in [0.25, 0.3) is 0 Å². The van der Waals surface area contributed by atoms with E-state index in [0.717, 1.165) is 27.8 Å². The Morgan fingerprint density at radius 1 is 0.310 bits per heavy atom. The van der Waals surface area contributed by atoms with Gasteiger partial charge in [-0.15, -0.1) is 0 Å². The molecule has 0 radical (unpaired) electrons. The van der Waals surface area contributed by atoms with Crippen LogP contribution < -0.4 is 0 Å². The van der Waals surface area contributed by atoms with Crippen LogP contribution in [0.1, 0.15) is 83.3 Å². The number of rotatable bonds is 8. The molecule has 0 saturated carbocycles. The van der Waals surface area contributed by atoms with E-state index in [9.17, 15) is 19.2 Å². The summed E-state index contributed by atoms with van der Waals surface area (Å²) in [6.45, 7) is 18.3. The van der Waals surface area contributed by atoms with E-state index in [1.807, 2.05) is 104 Å². The normalized spacial score (nSPS) is 9.41. The fraction of sp³-hybridized carbons (Fsp3) is 0.259. The maximum Gasteiger partial charge on any atom is 0.134 e. The average molecular weight is 777 g/mol. The maximum absolute atomic E-state index is 11.7. The van der Waals surface area contributed by atoms with Gasteiger partial charge in [0.2, 0.25) is 0 Å². The van der Waals surface area contributed by atoms with E-state index < -0.39 is 0 Å². The number of aryl methyl sites for hydroxylation is 5. The topological polar surface area (TPSA) is 68.3 Å². The minimum atomic E-state index is -0.0154. The van der Waals surface area contributed by atoms with E-state index in [4.69, 9.17) is 0 Å². The minimum Gasteiger partial charge on any atom is -0.300 e. The van der Waals surface area contributed by atoms with Gasteiger partial charge in [-0.3, -0.25) is 19.2 Å². The second kappa shape index (κ2) is 29.3. The molecule has 4 nitrogen and oxygen atoms in total. The first-order valence-electron chi connectivity index (χ1n) is 19.8. The van der Waals surface area contributed by atoms with Gasteiger partial charge in [0.05, 0.1) is 0 Å². The van der Waals surface area contributed by atoms with E-state index in [2.05, 4.69) is 95.3 Å². The lowest BCUT2D eigenvalue weighted by Crippen LogP contribution is -2.15. The highest BCUT2D eigenvalue weighted by Gasteiger charge is 2.19. The molecule has 0 heterocycles. The van der Waals surface area contributed by atoms with Crippen LogP contribution in [-0.2, 0) is 44.9 Å². The summed E-state index contributed by atoms with van der Waals surface area (Å²) in [5.74, 6) is -0.0128. The first-order chi connectivity index (χ1) is 27.6. The SMILES string of the molecule is CC(=O)Cc1cc(CC(C)=O)c(CC(C)=O)c(CC(C)=O)c1C.Cc1ccccc1.Cc1ccccc1.Cc1ccccc1.Cc1ccccc1.Cc1ccccc1. The molecule has 0 saturated heterocycles. The molecule has 304 valence electrons. The molecule has 0 N–H and O–H groups in total. The van der Waals surface area contributed by atoms with Gasteiger partial charge >= 0.3 is 0 Å². The Hall–Kier alpha value is -6.00. The van der Waals surface area contributed by atoms with Crippen LogP contribution in [0.3, 0.4) is 0 Å². The second-order valence-corrected chi connectivity index (χ2v) is 14.6. The molecule has 0 amide bonds. The highest BCUT2D eigenvalue weighted by Crippen LogP contribution is 2.26. The van der Waals surface area contributed by atoms with E-state index in [-0.39, 0.29) is 48.8 Å². The third-order valence-corrected chi connectivity index (χ3v) is 8.47. The molecule has 58 heavy (non-hydrogen) atoms. The van der Waals surface area contributed by atoms with Crippen LogP contribution in [0.5, 0.6) is 0 Å². The number of hydrogen-bond acceptors (Lipinski definition) is 4. The van der Waals surface area contributed by atoms with Gasteiger partial charge in [0.15, 0.2) is 0 Å². The molecule has 0 aliphatic rings. The molecule has 0 aliphatic heterocycles. The molecule has 0 atom stereocenters. The van der Waals surface area contributed by atoms with Gasteiger partial charge in [-0.25, -0.2) is 0 Å². The van der Waals surface area contributed by atoms with Crippen LogP contribution in [0.15, 0.2) is 158 Å². The molecule has 0 aromatic heterocycles. The van der Waals surface area contributed by atoms with Crippen molar-refractivity contribution < 1.29 is 19.2 Å². The minimum absolute atomic E-state index is 0.00773.